The van der Waals surface area contributed by atoms with Crippen LogP contribution >= 0.6 is 0 Å². The number of rotatable bonds is 0. The average molecular weight is 548 g/mol. The van der Waals surface area contributed by atoms with Crippen molar-refractivity contribution in [1.29, 1.82) is 0 Å². The minimum absolute atomic E-state index is 0. The van der Waals surface area contributed by atoms with Crippen LogP contribution in [0.15, 0.2) is 24.3 Å². The van der Waals surface area contributed by atoms with E-state index in [2.05, 4.69) is 24.3 Å². The van der Waals surface area contributed by atoms with Gasteiger partial charge in [-0.1, -0.05) is 24.3 Å². The molecule has 0 saturated carbocycles. The summed E-state index contributed by atoms with van der Waals surface area (Å²) in [5.41, 5.74) is 3.13. The number of aryl methyl sites for hydroxylation is 2. The molecule has 0 heterocycles. The summed E-state index contributed by atoms with van der Waals surface area (Å²) < 4.78 is 0. The van der Waals surface area contributed by atoms with E-state index in [-0.39, 0.29) is 121 Å². The zero-order valence-corrected chi connectivity index (χ0v) is 22.3. The predicted molar refractivity (Wildman–Crippen MR) is 77.3 cm³/mol. The van der Waals surface area contributed by atoms with Gasteiger partial charge in [0.25, 0.3) is 0 Å². The SMILES string of the molecule is N.N.[Al].[Ga].[Ga].[In].[In].c1ccc2c(c1)CCC2. The Morgan fingerprint density at radius 1 is 0.750 bits per heavy atom. The molecule has 1 aromatic carbocycles. The monoisotopic (exact) mass is 547 g/mol. The van der Waals surface area contributed by atoms with Gasteiger partial charge in [0.15, 0.2) is 0 Å². The zero-order valence-electron chi connectivity index (χ0n) is 9.73. The maximum absolute atomic E-state index is 2.24. The van der Waals surface area contributed by atoms with E-state index in [9.17, 15) is 0 Å². The van der Waals surface area contributed by atoms with Crippen molar-refractivity contribution in [1.82, 2.24) is 12.3 Å². The van der Waals surface area contributed by atoms with E-state index in [1.807, 2.05) is 0 Å². The van der Waals surface area contributed by atoms with Gasteiger partial charge in [0.2, 0.25) is 0 Å². The third kappa shape index (κ3) is 10.6. The van der Waals surface area contributed by atoms with Gasteiger partial charge in [-0.2, -0.15) is 0 Å². The van der Waals surface area contributed by atoms with E-state index in [4.69, 9.17) is 0 Å². The molecule has 1 aliphatic rings. The van der Waals surface area contributed by atoms with Crippen LogP contribution in [0.2, 0.25) is 0 Å². The van der Waals surface area contributed by atoms with Crippen LogP contribution in [0.4, 0.5) is 0 Å². The van der Waals surface area contributed by atoms with Crippen molar-refractivity contribution in [3.8, 4) is 0 Å². The van der Waals surface area contributed by atoms with Crippen LogP contribution in [0.25, 0.3) is 0 Å². The summed E-state index contributed by atoms with van der Waals surface area (Å²) in [5.74, 6) is 0. The van der Waals surface area contributed by atoms with Gasteiger partial charge >= 0.3 is 0 Å². The molecule has 0 fully saturated rings. The van der Waals surface area contributed by atoms with Gasteiger partial charge in [0.05, 0.1) is 0 Å². The van der Waals surface area contributed by atoms with E-state index in [1.165, 1.54) is 19.3 Å². The number of fused-ring (bicyclic) bond motifs is 1. The van der Waals surface area contributed by atoms with Crippen LogP contribution in [0.3, 0.4) is 0 Å². The molecule has 15 radical (unpaired) electrons. The largest absolute Gasteiger partial charge is 0.344 e. The first-order chi connectivity index (χ1) is 4.47. The fraction of sp³-hybridized carbons (Fsp3) is 0.333. The second kappa shape index (κ2) is 20.0. The molecule has 0 unspecified atom stereocenters. The van der Waals surface area contributed by atoms with Gasteiger partial charge in [-0.05, 0) is 30.4 Å². The van der Waals surface area contributed by atoms with Crippen molar-refractivity contribution in [2.75, 3.05) is 0 Å². The molecule has 16 heavy (non-hydrogen) atoms. The summed E-state index contributed by atoms with van der Waals surface area (Å²) in [5, 5.41) is 0. The van der Waals surface area contributed by atoms with Crippen molar-refractivity contribution in [3.05, 3.63) is 35.4 Å². The molecule has 77 valence electrons. The van der Waals surface area contributed by atoms with Crippen molar-refractivity contribution in [2.24, 2.45) is 0 Å². The molecular formula is C9H16AlGa2In2N2. The molecule has 0 spiro atoms. The maximum Gasteiger partial charge on any atom is 0 e. The normalized spacial score (nSPS) is 8.75. The Morgan fingerprint density at radius 3 is 1.38 bits per heavy atom. The molecule has 1 aliphatic carbocycles. The summed E-state index contributed by atoms with van der Waals surface area (Å²) in [4.78, 5) is 0. The minimum atomic E-state index is 0. The van der Waals surface area contributed by atoms with Crippen LogP contribution in [0.5, 0.6) is 0 Å². The summed E-state index contributed by atoms with van der Waals surface area (Å²) >= 11 is 0. The predicted octanol–water partition coefficient (Wildman–Crippen LogP) is 0.595. The second-order valence-corrected chi connectivity index (χ2v) is 2.62. The van der Waals surface area contributed by atoms with E-state index < -0.39 is 0 Å². The topological polar surface area (TPSA) is 70.0 Å². The molecule has 0 saturated heterocycles. The van der Waals surface area contributed by atoms with E-state index >= 15 is 0 Å². The van der Waals surface area contributed by atoms with Crippen molar-refractivity contribution in [2.45, 2.75) is 19.3 Å². The van der Waals surface area contributed by atoms with Crippen LogP contribution in [0, 0.1) is 0 Å². The first-order valence-electron chi connectivity index (χ1n) is 3.53. The molecule has 1 aromatic rings. The summed E-state index contributed by atoms with van der Waals surface area (Å²) in [6.07, 6.45) is 3.96. The fourth-order valence-corrected chi connectivity index (χ4v) is 1.51. The Bertz CT molecular complexity index is 220. The Balaban J connectivity index is -0.0000000357. The Labute approximate surface area is 173 Å². The van der Waals surface area contributed by atoms with Gasteiger partial charge in [0, 0.05) is 109 Å². The van der Waals surface area contributed by atoms with Crippen LogP contribution in [0.1, 0.15) is 17.5 Å². The number of hydrogen-bond acceptors (Lipinski definition) is 2. The molecule has 7 heteroatoms. The molecular weight excluding hydrogens is 532 g/mol. The van der Waals surface area contributed by atoms with Crippen LogP contribution in [-0.2, 0) is 12.8 Å². The van der Waals surface area contributed by atoms with Crippen molar-refractivity contribution < 1.29 is 0 Å². The van der Waals surface area contributed by atoms with Crippen molar-refractivity contribution >= 4 is 109 Å². The molecule has 0 amide bonds. The third-order valence-electron chi connectivity index (χ3n) is 2.01. The van der Waals surface area contributed by atoms with Crippen LogP contribution < -0.4 is 12.3 Å². The van der Waals surface area contributed by atoms with Gasteiger partial charge in [-0.25, -0.2) is 0 Å². The van der Waals surface area contributed by atoms with Gasteiger partial charge in [-0.3, -0.25) is 0 Å². The van der Waals surface area contributed by atoms with Crippen LogP contribution in [-0.4, -0.2) is 109 Å². The van der Waals surface area contributed by atoms with Gasteiger partial charge in [-0.15, -0.1) is 0 Å². The molecule has 0 atom stereocenters. The van der Waals surface area contributed by atoms with E-state index in [0.29, 0.717) is 0 Å². The molecule has 0 aliphatic heterocycles. The van der Waals surface area contributed by atoms with Gasteiger partial charge in [0.1, 0.15) is 0 Å². The first kappa shape index (κ1) is 36.3. The summed E-state index contributed by atoms with van der Waals surface area (Å²) in [7, 11) is 0. The minimum Gasteiger partial charge on any atom is -0.344 e. The summed E-state index contributed by atoms with van der Waals surface area (Å²) in [6.45, 7) is 0. The Kier molecular flexibility index (Phi) is 45.4. The first-order valence-corrected chi connectivity index (χ1v) is 3.53. The maximum atomic E-state index is 2.24. The molecule has 0 bridgehead atoms. The molecule has 2 rings (SSSR count). The standard InChI is InChI=1S/C9H10.Al.2Ga.2In.2H3N/c1-2-5-9-7-3-6-8(9)4-1;;;;;;;/h1-2,4-5H,3,6-7H2;;;;;;2*1H3. The quantitative estimate of drug-likeness (QED) is 0.467. The zero-order chi connectivity index (χ0) is 6.10. The second-order valence-electron chi connectivity index (χ2n) is 2.62. The number of hydrogen-bond donors (Lipinski definition) is 2. The van der Waals surface area contributed by atoms with E-state index in [1.54, 1.807) is 11.1 Å². The Morgan fingerprint density at radius 2 is 1.06 bits per heavy atom. The molecule has 0 aromatic heterocycles. The van der Waals surface area contributed by atoms with Gasteiger partial charge < -0.3 is 12.3 Å². The Hall–Kier alpha value is 2.69. The molecule has 2 nitrogen and oxygen atoms in total. The summed E-state index contributed by atoms with van der Waals surface area (Å²) in [6, 6.07) is 8.74. The smallest absolute Gasteiger partial charge is 0 e. The molecule has 6 N–H and O–H groups in total. The average Bonchev–Trinajstić information content (AvgIpc) is 2.33. The van der Waals surface area contributed by atoms with Crippen molar-refractivity contribution in [3.63, 3.8) is 0 Å². The third-order valence-corrected chi connectivity index (χ3v) is 2.01. The van der Waals surface area contributed by atoms with E-state index in [0.717, 1.165) is 0 Å². The number of benzene rings is 1. The fourth-order valence-electron chi connectivity index (χ4n) is 1.51.